The number of carbonyl (C=O) groups excluding carboxylic acids is 1. The van der Waals surface area contributed by atoms with Crippen molar-refractivity contribution in [3.63, 3.8) is 0 Å². The molecule has 2 amide bonds. The van der Waals surface area contributed by atoms with Gasteiger partial charge < -0.3 is 19.3 Å². The lowest BCUT2D eigenvalue weighted by atomic mass is 9.73. The van der Waals surface area contributed by atoms with Gasteiger partial charge in [0.15, 0.2) is 0 Å². The Morgan fingerprint density at radius 3 is 3.13 bits per heavy atom. The van der Waals surface area contributed by atoms with Gasteiger partial charge in [0.1, 0.15) is 0 Å². The molecule has 0 aromatic carbocycles. The van der Waals surface area contributed by atoms with Gasteiger partial charge in [0.05, 0.1) is 12.7 Å². The van der Waals surface area contributed by atoms with Crippen molar-refractivity contribution < 1.29 is 14.3 Å². The number of amides is 2. The summed E-state index contributed by atoms with van der Waals surface area (Å²) in [4.78, 5) is 20.1. The average molecular weight is 319 g/mol. The Hall–Kier alpha value is -1.82. The zero-order valence-corrected chi connectivity index (χ0v) is 13.9. The van der Waals surface area contributed by atoms with Gasteiger partial charge >= 0.3 is 6.03 Å². The highest BCUT2D eigenvalue weighted by Crippen LogP contribution is 2.40. The average Bonchev–Trinajstić information content (AvgIpc) is 2.59. The van der Waals surface area contributed by atoms with Crippen LogP contribution in [-0.4, -0.2) is 67.3 Å². The summed E-state index contributed by atoms with van der Waals surface area (Å²) >= 11 is 0. The molecule has 2 aliphatic rings. The van der Waals surface area contributed by atoms with Crippen molar-refractivity contribution in [1.29, 1.82) is 0 Å². The van der Waals surface area contributed by atoms with Crippen molar-refractivity contribution in [2.75, 3.05) is 40.4 Å². The third-order valence-corrected chi connectivity index (χ3v) is 4.79. The zero-order valence-electron chi connectivity index (χ0n) is 13.9. The fraction of sp³-hybridized carbons (Fsp3) is 0.647. The maximum atomic E-state index is 12.3. The van der Waals surface area contributed by atoms with Gasteiger partial charge in [-0.3, -0.25) is 0 Å². The molecule has 2 saturated heterocycles. The van der Waals surface area contributed by atoms with E-state index in [1.165, 1.54) is 0 Å². The summed E-state index contributed by atoms with van der Waals surface area (Å²) in [5, 5.41) is 0. The Bertz CT molecular complexity index is 537. The summed E-state index contributed by atoms with van der Waals surface area (Å²) in [7, 11) is 3.59. The molecule has 0 N–H and O–H groups in total. The third-order valence-electron chi connectivity index (χ3n) is 4.79. The SMILES string of the molecule is CN(C)C(=O)N1CC[C@@H]2OCCC[C@@]2(COc2ccccn2)C1. The summed E-state index contributed by atoms with van der Waals surface area (Å²) in [5.74, 6) is 0.627. The Balaban J connectivity index is 1.74. The normalized spacial score (nSPS) is 27.2. The van der Waals surface area contributed by atoms with E-state index in [0.717, 1.165) is 32.4 Å². The maximum absolute atomic E-state index is 12.3. The van der Waals surface area contributed by atoms with Gasteiger partial charge in [-0.1, -0.05) is 6.07 Å². The van der Waals surface area contributed by atoms with Crippen molar-refractivity contribution in [2.24, 2.45) is 5.41 Å². The van der Waals surface area contributed by atoms with Crippen LogP contribution in [0.1, 0.15) is 19.3 Å². The van der Waals surface area contributed by atoms with Gasteiger partial charge in [-0.15, -0.1) is 0 Å². The van der Waals surface area contributed by atoms with Gasteiger partial charge in [-0.2, -0.15) is 0 Å². The van der Waals surface area contributed by atoms with Gasteiger partial charge in [-0.05, 0) is 25.3 Å². The largest absolute Gasteiger partial charge is 0.477 e. The van der Waals surface area contributed by atoms with Crippen molar-refractivity contribution in [2.45, 2.75) is 25.4 Å². The minimum atomic E-state index is -0.139. The van der Waals surface area contributed by atoms with E-state index in [9.17, 15) is 4.79 Å². The predicted octanol–water partition coefficient (Wildman–Crippen LogP) is 2.01. The van der Waals surface area contributed by atoms with E-state index in [1.807, 2.05) is 23.1 Å². The zero-order chi connectivity index (χ0) is 16.3. The Morgan fingerprint density at radius 1 is 1.52 bits per heavy atom. The summed E-state index contributed by atoms with van der Waals surface area (Å²) in [6, 6.07) is 5.71. The van der Waals surface area contributed by atoms with Crippen LogP contribution in [0.2, 0.25) is 0 Å². The topological polar surface area (TPSA) is 54.9 Å². The molecule has 3 rings (SSSR count). The van der Waals surface area contributed by atoms with E-state index < -0.39 is 0 Å². The van der Waals surface area contributed by atoms with E-state index in [4.69, 9.17) is 9.47 Å². The number of ether oxygens (including phenoxy) is 2. The lowest BCUT2D eigenvalue weighted by Gasteiger charge is -2.50. The van der Waals surface area contributed by atoms with Gasteiger partial charge in [0.2, 0.25) is 5.88 Å². The summed E-state index contributed by atoms with van der Waals surface area (Å²) in [5.41, 5.74) is -0.139. The maximum Gasteiger partial charge on any atom is 0.319 e. The van der Waals surface area contributed by atoms with Crippen LogP contribution in [0.3, 0.4) is 0 Å². The quantitative estimate of drug-likeness (QED) is 0.855. The summed E-state index contributed by atoms with van der Waals surface area (Å²) < 4.78 is 12.0. The summed E-state index contributed by atoms with van der Waals surface area (Å²) in [6.45, 7) is 2.76. The van der Waals surface area contributed by atoms with E-state index in [2.05, 4.69) is 4.98 Å². The second-order valence-corrected chi connectivity index (χ2v) is 6.67. The monoisotopic (exact) mass is 319 g/mol. The molecule has 0 aliphatic carbocycles. The molecule has 2 fully saturated rings. The second kappa shape index (κ2) is 6.74. The summed E-state index contributed by atoms with van der Waals surface area (Å²) in [6.07, 6.45) is 4.77. The molecule has 2 aliphatic heterocycles. The number of pyridine rings is 1. The molecule has 0 unspecified atom stereocenters. The van der Waals surface area contributed by atoms with Crippen LogP contribution in [0.5, 0.6) is 5.88 Å². The molecule has 0 spiro atoms. The fourth-order valence-electron chi connectivity index (χ4n) is 3.60. The van der Waals surface area contributed by atoms with Gasteiger partial charge in [0, 0.05) is 51.5 Å². The number of fused-ring (bicyclic) bond motifs is 1. The van der Waals surface area contributed by atoms with Crippen LogP contribution in [0, 0.1) is 5.41 Å². The first kappa shape index (κ1) is 16.1. The molecule has 2 atom stereocenters. The van der Waals surface area contributed by atoms with Gasteiger partial charge in [-0.25, -0.2) is 9.78 Å². The predicted molar refractivity (Wildman–Crippen MR) is 86.4 cm³/mol. The number of aromatic nitrogens is 1. The molecule has 6 heteroatoms. The minimum Gasteiger partial charge on any atom is -0.477 e. The lowest BCUT2D eigenvalue weighted by Crippen LogP contribution is -2.59. The van der Waals surface area contributed by atoms with E-state index in [1.54, 1.807) is 25.2 Å². The van der Waals surface area contributed by atoms with Crippen molar-refractivity contribution in [1.82, 2.24) is 14.8 Å². The van der Waals surface area contributed by atoms with Gasteiger partial charge in [0.25, 0.3) is 0 Å². The van der Waals surface area contributed by atoms with E-state index in [-0.39, 0.29) is 17.6 Å². The standard InChI is InChI=1S/C17H25N3O3/c1-19(2)16(21)20-10-7-14-17(12-20,8-5-11-22-14)13-23-15-6-3-4-9-18-15/h3-4,6,9,14H,5,7-8,10-13H2,1-2H3/t14-,17-/m0/s1. The molecule has 0 saturated carbocycles. The number of likely N-dealkylation sites (tertiary alicyclic amines) is 1. The first-order chi connectivity index (χ1) is 11.1. The third kappa shape index (κ3) is 3.42. The Labute approximate surface area is 137 Å². The molecule has 23 heavy (non-hydrogen) atoms. The van der Waals surface area contributed by atoms with Crippen LogP contribution in [0.25, 0.3) is 0 Å². The molecule has 126 valence electrons. The second-order valence-electron chi connectivity index (χ2n) is 6.67. The Morgan fingerprint density at radius 2 is 2.39 bits per heavy atom. The molecular weight excluding hydrogens is 294 g/mol. The minimum absolute atomic E-state index is 0.0613. The number of hydrogen-bond donors (Lipinski definition) is 0. The number of piperidine rings is 1. The van der Waals surface area contributed by atoms with Crippen LogP contribution in [-0.2, 0) is 4.74 Å². The number of hydrogen-bond acceptors (Lipinski definition) is 4. The van der Waals surface area contributed by atoms with E-state index >= 15 is 0 Å². The van der Waals surface area contributed by atoms with E-state index in [0.29, 0.717) is 19.0 Å². The number of nitrogens with zero attached hydrogens (tertiary/aromatic N) is 3. The number of rotatable bonds is 3. The van der Waals surface area contributed by atoms with Crippen LogP contribution >= 0.6 is 0 Å². The lowest BCUT2D eigenvalue weighted by molar-refractivity contribution is -0.133. The molecule has 0 bridgehead atoms. The molecule has 6 nitrogen and oxygen atoms in total. The number of carbonyl (C=O) groups is 1. The van der Waals surface area contributed by atoms with Crippen LogP contribution in [0.4, 0.5) is 4.79 Å². The molecule has 0 radical (unpaired) electrons. The first-order valence-corrected chi connectivity index (χ1v) is 8.22. The highest BCUT2D eigenvalue weighted by atomic mass is 16.5. The highest BCUT2D eigenvalue weighted by Gasteiger charge is 2.48. The highest BCUT2D eigenvalue weighted by molar-refractivity contribution is 5.74. The molecule has 1 aromatic heterocycles. The number of urea groups is 1. The molecular formula is C17H25N3O3. The van der Waals surface area contributed by atoms with Crippen LogP contribution < -0.4 is 4.74 Å². The fourth-order valence-corrected chi connectivity index (χ4v) is 3.60. The van der Waals surface area contributed by atoms with Crippen molar-refractivity contribution in [3.8, 4) is 5.88 Å². The smallest absolute Gasteiger partial charge is 0.319 e. The molecule has 1 aromatic rings. The first-order valence-electron chi connectivity index (χ1n) is 8.22. The Kier molecular flexibility index (Phi) is 4.71. The van der Waals surface area contributed by atoms with Crippen molar-refractivity contribution >= 4 is 6.03 Å². The van der Waals surface area contributed by atoms with Crippen LogP contribution in [0.15, 0.2) is 24.4 Å². The molecule has 3 heterocycles. The van der Waals surface area contributed by atoms with Crippen molar-refractivity contribution in [3.05, 3.63) is 24.4 Å².